The van der Waals surface area contributed by atoms with Crippen molar-refractivity contribution in [3.63, 3.8) is 0 Å². The molecule has 1 atom stereocenters. The first kappa shape index (κ1) is 17.4. The second kappa shape index (κ2) is 8.59. The quantitative estimate of drug-likeness (QED) is 0.829. The Balaban J connectivity index is 1.86. The highest BCUT2D eigenvalue weighted by atomic mass is 35.5. The lowest BCUT2D eigenvalue weighted by Crippen LogP contribution is -2.42. The first-order valence-electron chi connectivity index (χ1n) is 7.76. The molecular formula is C19H22ClNO2. The van der Waals surface area contributed by atoms with Gasteiger partial charge in [0.2, 0.25) is 0 Å². The van der Waals surface area contributed by atoms with E-state index in [1.54, 1.807) is 24.3 Å². The summed E-state index contributed by atoms with van der Waals surface area (Å²) in [7, 11) is 0. The van der Waals surface area contributed by atoms with E-state index in [0.717, 1.165) is 6.42 Å². The number of halogens is 1. The van der Waals surface area contributed by atoms with Crippen LogP contribution in [0.2, 0.25) is 5.02 Å². The van der Waals surface area contributed by atoms with Crippen molar-refractivity contribution in [2.45, 2.75) is 26.3 Å². The molecule has 2 rings (SSSR count). The van der Waals surface area contributed by atoms with Gasteiger partial charge in [0.05, 0.1) is 0 Å². The molecule has 0 radical (unpaired) electrons. The third-order valence-corrected chi connectivity index (χ3v) is 3.89. The van der Waals surface area contributed by atoms with Crippen LogP contribution in [0, 0.1) is 5.92 Å². The molecule has 3 nitrogen and oxygen atoms in total. The predicted octanol–water partition coefficient (Wildman–Crippen LogP) is 4.10. The Bertz CT molecular complexity index is 611. The third kappa shape index (κ3) is 5.95. The Hall–Kier alpha value is -2.00. The number of rotatable bonds is 7. The van der Waals surface area contributed by atoms with Crippen molar-refractivity contribution in [3.05, 3.63) is 65.2 Å². The minimum Gasteiger partial charge on any atom is -0.484 e. The number of nitrogens with one attached hydrogen (secondary N) is 1. The second-order valence-corrected chi connectivity index (χ2v) is 6.29. The Labute approximate surface area is 142 Å². The van der Waals surface area contributed by atoms with Gasteiger partial charge in [0.25, 0.3) is 5.91 Å². The Morgan fingerprint density at radius 2 is 1.74 bits per heavy atom. The minimum atomic E-state index is -0.116. The monoisotopic (exact) mass is 331 g/mol. The Morgan fingerprint density at radius 1 is 1.09 bits per heavy atom. The van der Waals surface area contributed by atoms with Gasteiger partial charge in [-0.1, -0.05) is 55.8 Å². The fourth-order valence-electron chi connectivity index (χ4n) is 2.25. The molecular weight excluding hydrogens is 310 g/mol. The molecule has 0 aliphatic rings. The van der Waals surface area contributed by atoms with Gasteiger partial charge in [0.15, 0.2) is 6.61 Å². The molecule has 0 saturated heterocycles. The smallest absolute Gasteiger partial charge is 0.258 e. The van der Waals surface area contributed by atoms with E-state index in [-0.39, 0.29) is 18.6 Å². The van der Waals surface area contributed by atoms with Crippen molar-refractivity contribution < 1.29 is 9.53 Å². The molecule has 0 unspecified atom stereocenters. The van der Waals surface area contributed by atoms with Crippen LogP contribution < -0.4 is 10.1 Å². The molecule has 23 heavy (non-hydrogen) atoms. The summed E-state index contributed by atoms with van der Waals surface area (Å²) in [6, 6.07) is 17.2. The van der Waals surface area contributed by atoms with Gasteiger partial charge in [-0.2, -0.15) is 0 Å². The molecule has 0 fully saturated rings. The van der Waals surface area contributed by atoms with Gasteiger partial charge in [0.1, 0.15) is 5.75 Å². The van der Waals surface area contributed by atoms with E-state index in [9.17, 15) is 4.79 Å². The fourth-order valence-corrected chi connectivity index (χ4v) is 2.38. The first-order chi connectivity index (χ1) is 11.0. The second-order valence-electron chi connectivity index (χ2n) is 5.85. The predicted molar refractivity (Wildman–Crippen MR) is 93.9 cm³/mol. The van der Waals surface area contributed by atoms with Gasteiger partial charge in [-0.3, -0.25) is 4.79 Å². The third-order valence-electron chi connectivity index (χ3n) is 3.63. The number of carbonyl (C=O) groups excluding carboxylic acids is 1. The molecule has 1 N–H and O–H groups in total. The molecule has 2 aromatic carbocycles. The number of benzene rings is 2. The lowest BCUT2D eigenvalue weighted by molar-refractivity contribution is -0.124. The van der Waals surface area contributed by atoms with E-state index in [1.165, 1.54) is 5.56 Å². The lowest BCUT2D eigenvalue weighted by Gasteiger charge is -2.22. The molecule has 0 aliphatic heterocycles. The molecule has 4 heteroatoms. The highest BCUT2D eigenvalue weighted by Crippen LogP contribution is 2.15. The number of carbonyl (C=O) groups is 1. The molecule has 1 amide bonds. The largest absolute Gasteiger partial charge is 0.484 e. The maximum atomic E-state index is 12.1. The first-order valence-corrected chi connectivity index (χ1v) is 8.14. The number of amides is 1. The van der Waals surface area contributed by atoms with Crippen LogP contribution in [0.1, 0.15) is 19.4 Å². The van der Waals surface area contributed by atoms with E-state index < -0.39 is 0 Å². The zero-order valence-electron chi connectivity index (χ0n) is 13.5. The maximum Gasteiger partial charge on any atom is 0.258 e. The molecule has 0 aromatic heterocycles. The van der Waals surface area contributed by atoms with Crippen LogP contribution >= 0.6 is 11.6 Å². The number of hydrogen-bond acceptors (Lipinski definition) is 2. The lowest BCUT2D eigenvalue weighted by atomic mass is 9.96. The minimum absolute atomic E-state index is 0.000355. The summed E-state index contributed by atoms with van der Waals surface area (Å²) in [5.74, 6) is 0.859. The van der Waals surface area contributed by atoms with Crippen molar-refractivity contribution in [2.75, 3.05) is 6.61 Å². The summed E-state index contributed by atoms with van der Waals surface area (Å²) < 4.78 is 5.48. The Morgan fingerprint density at radius 3 is 2.35 bits per heavy atom. The molecule has 122 valence electrons. The van der Waals surface area contributed by atoms with Crippen LogP contribution in [-0.2, 0) is 11.2 Å². The van der Waals surface area contributed by atoms with E-state index in [4.69, 9.17) is 16.3 Å². The molecule has 0 heterocycles. The van der Waals surface area contributed by atoms with Crippen LogP contribution in [0.25, 0.3) is 0 Å². The van der Waals surface area contributed by atoms with E-state index >= 15 is 0 Å². The van der Waals surface area contributed by atoms with Gasteiger partial charge in [-0.05, 0) is 42.2 Å². The summed E-state index contributed by atoms with van der Waals surface area (Å²) in [6.07, 6.45) is 0.811. The molecule has 0 spiro atoms. The summed E-state index contributed by atoms with van der Waals surface area (Å²) in [5, 5.41) is 3.70. The summed E-state index contributed by atoms with van der Waals surface area (Å²) >= 11 is 5.82. The molecule has 2 aromatic rings. The zero-order chi connectivity index (χ0) is 16.7. The van der Waals surface area contributed by atoms with Gasteiger partial charge < -0.3 is 10.1 Å². The van der Waals surface area contributed by atoms with Crippen LogP contribution in [0.5, 0.6) is 5.75 Å². The topological polar surface area (TPSA) is 38.3 Å². The van der Waals surface area contributed by atoms with E-state index in [0.29, 0.717) is 16.7 Å². The van der Waals surface area contributed by atoms with Crippen molar-refractivity contribution in [2.24, 2.45) is 5.92 Å². The molecule has 0 aliphatic carbocycles. The van der Waals surface area contributed by atoms with E-state index in [1.807, 2.05) is 18.2 Å². The zero-order valence-corrected chi connectivity index (χ0v) is 14.2. The van der Waals surface area contributed by atoms with Crippen LogP contribution in [0.3, 0.4) is 0 Å². The standard InChI is InChI=1S/C19H22ClNO2/c1-14(2)18(12-15-6-4-3-5-7-15)21-19(22)13-23-17-10-8-16(20)9-11-17/h3-11,14,18H,12-13H2,1-2H3,(H,21,22)/t18-/m1/s1. The van der Waals surface area contributed by atoms with Crippen molar-refractivity contribution in [3.8, 4) is 5.75 Å². The number of hydrogen-bond donors (Lipinski definition) is 1. The highest BCUT2D eigenvalue weighted by Gasteiger charge is 2.17. The summed E-state index contributed by atoms with van der Waals surface area (Å²) in [5.41, 5.74) is 1.21. The maximum absolute atomic E-state index is 12.1. The molecule has 0 saturated carbocycles. The van der Waals surface area contributed by atoms with Gasteiger partial charge in [-0.25, -0.2) is 0 Å². The van der Waals surface area contributed by atoms with Crippen LogP contribution in [0.4, 0.5) is 0 Å². The summed E-state index contributed by atoms with van der Waals surface area (Å²) in [6.45, 7) is 4.21. The SMILES string of the molecule is CC(C)[C@@H](Cc1ccccc1)NC(=O)COc1ccc(Cl)cc1. The molecule has 0 bridgehead atoms. The Kier molecular flexibility index (Phi) is 6.48. The van der Waals surface area contributed by atoms with Crippen molar-refractivity contribution in [1.29, 1.82) is 0 Å². The van der Waals surface area contributed by atoms with Gasteiger partial charge in [-0.15, -0.1) is 0 Å². The summed E-state index contributed by atoms with van der Waals surface area (Å²) in [4.78, 5) is 12.1. The van der Waals surface area contributed by atoms with Crippen LogP contribution in [-0.4, -0.2) is 18.6 Å². The highest BCUT2D eigenvalue weighted by molar-refractivity contribution is 6.30. The number of ether oxygens (including phenoxy) is 1. The average Bonchev–Trinajstić information content (AvgIpc) is 2.54. The van der Waals surface area contributed by atoms with E-state index in [2.05, 4.69) is 31.3 Å². The van der Waals surface area contributed by atoms with Crippen molar-refractivity contribution >= 4 is 17.5 Å². The van der Waals surface area contributed by atoms with Crippen molar-refractivity contribution in [1.82, 2.24) is 5.32 Å². The average molecular weight is 332 g/mol. The fraction of sp³-hybridized carbons (Fsp3) is 0.316. The normalized spacial score (nSPS) is 12.0. The van der Waals surface area contributed by atoms with Gasteiger partial charge >= 0.3 is 0 Å². The van der Waals surface area contributed by atoms with Gasteiger partial charge in [0, 0.05) is 11.1 Å². The van der Waals surface area contributed by atoms with Crippen LogP contribution in [0.15, 0.2) is 54.6 Å².